The summed E-state index contributed by atoms with van der Waals surface area (Å²) in [7, 11) is 0. The number of aromatic nitrogens is 2. The molecule has 2 aliphatic rings. The van der Waals surface area contributed by atoms with Crippen LogP contribution >= 0.6 is 0 Å². The highest BCUT2D eigenvalue weighted by Crippen LogP contribution is 2.32. The second kappa shape index (κ2) is 6.84. The Hall–Kier alpha value is -2.41. The van der Waals surface area contributed by atoms with E-state index in [-0.39, 0.29) is 5.92 Å². The quantitative estimate of drug-likeness (QED) is 0.910. The number of aliphatic carboxylic acids is 1. The summed E-state index contributed by atoms with van der Waals surface area (Å²) >= 11 is 0. The second-order valence-electron chi connectivity index (χ2n) is 6.59. The van der Waals surface area contributed by atoms with Crippen LogP contribution < -0.4 is 9.80 Å². The van der Waals surface area contributed by atoms with Crippen molar-refractivity contribution in [2.45, 2.75) is 12.8 Å². The van der Waals surface area contributed by atoms with E-state index in [0.29, 0.717) is 39.1 Å². The number of hydrogen-bond acceptors (Lipinski definition) is 6. The molecule has 25 heavy (non-hydrogen) atoms. The van der Waals surface area contributed by atoms with Crippen molar-refractivity contribution in [2.24, 2.45) is 5.92 Å². The molecule has 1 aromatic carbocycles. The second-order valence-corrected chi connectivity index (χ2v) is 6.59. The van der Waals surface area contributed by atoms with Gasteiger partial charge in [-0.2, -0.15) is 0 Å². The van der Waals surface area contributed by atoms with Gasteiger partial charge in [0.15, 0.2) is 11.6 Å². The average molecular weight is 342 g/mol. The highest BCUT2D eigenvalue weighted by atomic mass is 16.5. The van der Waals surface area contributed by atoms with Crippen molar-refractivity contribution in [3.63, 3.8) is 0 Å². The number of nitrogens with zero attached hydrogens (tertiary/aromatic N) is 4. The zero-order valence-electron chi connectivity index (χ0n) is 14.1. The van der Waals surface area contributed by atoms with E-state index in [2.05, 4.69) is 32.1 Å². The van der Waals surface area contributed by atoms with Crippen molar-refractivity contribution in [1.29, 1.82) is 0 Å². The van der Waals surface area contributed by atoms with Crippen LogP contribution in [0.1, 0.15) is 12.8 Å². The Balaban J connectivity index is 1.66. The maximum absolute atomic E-state index is 11.2. The molecule has 3 heterocycles. The molecule has 0 saturated carbocycles. The molecule has 0 amide bonds. The van der Waals surface area contributed by atoms with E-state index in [1.165, 1.54) is 0 Å². The van der Waals surface area contributed by atoms with E-state index >= 15 is 0 Å². The van der Waals surface area contributed by atoms with Gasteiger partial charge < -0.3 is 19.6 Å². The van der Waals surface area contributed by atoms with Crippen molar-refractivity contribution < 1.29 is 14.6 Å². The minimum Gasteiger partial charge on any atom is -0.481 e. The van der Waals surface area contributed by atoms with E-state index in [9.17, 15) is 9.90 Å². The van der Waals surface area contributed by atoms with Crippen molar-refractivity contribution in [2.75, 3.05) is 49.2 Å². The Kier molecular flexibility index (Phi) is 4.40. The van der Waals surface area contributed by atoms with Crippen LogP contribution in [-0.4, -0.2) is 60.7 Å². The third-order valence-corrected chi connectivity index (χ3v) is 5.10. The molecule has 7 nitrogen and oxygen atoms in total. The van der Waals surface area contributed by atoms with Crippen molar-refractivity contribution in [3.8, 4) is 0 Å². The zero-order chi connectivity index (χ0) is 17.2. The molecule has 1 N–H and O–H groups in total. The van der Waals surface area contributed by atoms with Gasteiger partial charge in [-0.1, -0.05) is 24.3 Å². The molecule has 0 radical (unpaired) electrons. The number of carboxylic acid groups (broad SMARTS) is 1. The molecular weight excluding hydrogens is 320 g/mol. The van der Waals surface area contributed by atoms with E-state index in [1.54, 1.807) is 0 Å². The van der Waals surface area contributed by atoms with Crippen LogP contribution in [0.25, 0.3) is 10.8 Å². The van der Waals surface area contributed by atoms with Crippen LogP contribution in [0.4, 0.5) is 11.6 Å². The van der Waals surface area contributed by atoms with Crippen molar-refractivity contribution in [3.05, 3.63) is 24.3 Å². The third-order valence-electron chi connectivity index (χ3n) is 5.10. The topological polar surface area (TPSA) is 78.8 Å². The Morgan fingerprint density at radius 2 is 1.48 bits per heavy atom. The zero-order valence-corrected chi connectivity index (χ0v) is 14.1. The lowest BCUT2D eigenvalue weighted by Gasteiger charge is -2.32. The summed E-state index contributed by atoms with van der Waals surface area (Å²) in [4.78, 5) is 15.6. The summed E-state index contributed by atoms with van der Waals surface area (Å²) in [6.45, 7) is 4.46. The van der Waals surface area contributed by atoms with Crippen LogP contribution in [0.5, 0.6) is 0 Å². The molecule has 2 saturated heterocycles. The largest absolute Gasteiger partial charge is 0.481 e. The number of carbonyl (C=O) groups is 1. The van der Waals surface area contributed by atoms with E-state index in [1.807, 2.05) is 12.1 Å². The summed E-state index contributed by atoms with van der Waals surface area (Å²) in [5, 5.41) is 20.4. The lowest BCUT2D eigenvalue weighted by Crippen LogP contribution is -2.38. The Morgan fingerprint density at radius 3 is 2.00 bits per heavy atom. The molecule has 0 bridgehead atoms. The molecule has 2 aromatic rings. The molecule has 1 aromatic heterocycles. The van der Waals surface area contributed by atoms with Gasteiger partial charge in [-0.15, -0.1) is 10.2 Å². The maximum Gasteiger partial charge on any atom is 0.306 e. The van der Waals surface area contributed by atoms with E-state index in [4.69, 9.17) is 4.74 Å². The lowest BCUT2D eigenvalue weighted by atomic mass is 9.97. The van der Waals surface area contributed by atoms with E-state index < -0.39 is 5.97 Å². The first-order valence-electron chi connectivity index (χ1n) is 8.80. The first kappa shape index (κ1) is 16.1. The number of fused-ring (bicyclic) bond motifs is 1. The molecule has 0 spiro atoms. The number of rotatable bonds is 3. The predicted octanol–water partition coefficient (Wildman–Crippen LogP) is 1.77. The fourth-order valence-electron chi connectivity index (χ4n) is 3.66. The molecule has 132 valence electrons. The van der Waals surface area contributed by atoms with Gasteiger partial charge in [0.1, 0.15) is 0 Å². The fourth-order valence-corrected chi connectivity index (χ4v) is 3.66. The predicted molar refractivity (Wildman–Crippen MR) is 95.1 cm³/mol. The minimum absolute atomic E-state index is 0.247. The smallest absolute Gasteiger partial charge is 0.306 e. The highest BCUT2D eigenvalue weighted by Gasteiger charge is 2.27. The lowest BCUT2D eigenvalue weighted by molar-refractivity contribution is -0.142. The first-order valence-corrected chi connectivity index (χ1v) is 8.80. The van der Waals surface area contributed by atoms with E-state index in [0.717, 1.165) is 35.5 Å². The van der Waals surface area contributed by atoms with Crippen LogP contribution in [0.2, 0.25) is 0 Å². The normalized spacial score (nSPS) is 19.4. The van der Waals surface area contributed by atoms with Gasteiger partial charge in [0.25, 0.3) is 0 Å². The number of piperidine rings is 1. The Labute approximate surface area is 146 Å². The summed E-state index contributed by atoms with van der Waals surface area (Å²) in [5.74, 6) is 0.820. The summed E-state index contributed by atoms with van der Waals surface area (Å²) < 4.78 is 5.44. The molecule has 7 heteroatoms. The number of hydrogen-bond donors (Lipinski definition) is 1. The SMILES string of the molecule is O=C(O)C1CCN(c2nnc(N3CCOCC3)c3ccccc23)CC1. The first-order chi connectivity index (χ1) is 12.2. The van der Waals surface area contributed by atoms with Crippen LogP contribution in [-0.2, 0) is 9.53 Å². The molecule has 0 atom stereocenters. The number of carboxylic acids is 1. The molecular formula is C18H22N4O3. The Bertz CT molecular complexity index is 768. The molecule has 0 aliphatic carbocycles. The summed E-state index contributed by atoms with van der Waals surface area (Å²) in [5.41, 5.74) is 0. The fraction of sp³-hybridized carbons (Fsp3) is 0.500. The van der Waals surface area contributed by atoms with Crippen LogP contribution in [0, 0.1) is 5.92 Å². The van der Waals surface area contributed by atoms with Gasteiger partial charge in [0, 0.05) is 37.0 Å². The van der Waals surface area contributed by atoms with Gasteiger partial charge >= 0.3 is 5.97 Å². The van der Waals surface area contributed by atoms with Crippen LogP contribution in [0.15, 0.2) is 24.3 Å². The summed E-state index contributed by atoms with van der Waals surface area (Å²) in [6, 6.07) is 8.20. The monoisotopic (exact) mass is 342 g/mol. The number of anilines is 2. The third kappa shape index (κ3) is 3.11. The molecule has 2 fully saturated rings. The summed E-state index contributed by atoms with van der Waals surface area (Å²) in [6.07, 6.45) is 1.30. The van der Waals surface area contributed by atoms with Crippen molar-refractivity contribution in [1.82, 2.24) is 10.2 Å². The maximum atomic E-state index is 11.2. The molecule has 4 rings (SSSR count). The average Bonchev–Trinajstić information content (AvgIpc) is 2.68. The van der Waals surface area contributed by atoms with Crippen molar-refractivity contribution >= 4 is 28.4 Å². The number of benzene rings is 1. The van der Waals surface area contributed by atoms with Gasteiger partial charge in [-0.25, -0.2) is 0 Å². The van der Waals surface area contributed by atoms with Gasteiger partial charge in [-0.05, 0) is 12.8 Å². The van der Waals surface area contributed by atoms with Gasteiger partial charge in [0.2, 0.25) is 0 Å². The number of ether oxygens (including phenoxy) is 1. The number of morpholine rings is 1. The standard InChI is InChI=1S/C18H22N4O3/c23-18(24)13-5-7-21(8-6-13)16-14-3-1-2-4-15(14)17(20-19-16)22-9-11-25-12-10-22/h1-4,13H,5-12H2,(H,23,24). The van der Waals surface area contributed by atoms with Crippen LogP contribution in [0.3, 0.4) is 0 Å². The Morgan fingerprint density at radius 1 is 0.960 bits per heavy atom. The molecule has 2 aliphatic heterocycles. The van der Waals surface area contributed by atoms with Gasteiger partial charge in [-0.3, -0.25) is 4.79 Å². The highest BCUT2D eigenvalue weighted by molar-refractivity contribution is 5.99. The minimum atomic E-state index is -0.696. The molecule has 0 unspecified atom stereocenters. The van der Waals surface area contributed by atoms with Gasteiger partial charge in [0.05, 0.1) is 19.1 Å².